The highest BCUT2D eigenvalue weighted by atomic mass is 35.5. The number of hydrogen-bond donors (Lipinski definition) is 0. The zero-order valence-electron chi connectivity index (χ0n) is 17.8. The third kappa shape index (κ3) is 4.72. The first-order chi connectivity index (χ1) is 15.2. The van der Waals surface area contributed by atoms with Crippen LogP contribution < -0.4 is 0 Å². The molecule has 2 aromatic heterocycles. The topological polar surface area (TPSA) is 54.3 Å². The van der Waals surface area contributed by atoms with Gasteiger partial charge in [0.15, 0.2) is 5.65 Å². The van der Waals surface area contributed by atoms with Gasteiger partial charge in [-0.1, -0.05) is 29.3 Å². The fraction of sp³-hybridized carbons (Fsp3) is 0.409. The maximum atomic E-state index is 13.5. The summed E-state index contributed by atoms with van der Waals surface area (Å²) in [5.41, 5.74) is 2.13. The normalized spacial score (nSPS) is 15.2. The molecule has 0 unspecified atom stereocenters. The van der Waals surface area contributed by atoms with Gasteiger partial charge in [0.2, 0.25) is 5.91 Å². The van der Waals surface area contributed by atoms with Gasteiger partial charge in [-0.25, -0.2) is 18.4 Å². The fourth-order valence-corrected chi connectivity index (χ4v) is 4.54. The Labute approximate surface area is 194 Å². The Balaban J connectivity index is 1.43. The molecule has 3 heterocycles. The molecule has 0 spiro atoms. The van der Waals surface area contributed by atoms with Gasteiger partial charge < -0.3 is 4.90 Å². The van der Waals surface area contributed by atoms with E-state index in [1.165, 1.54) is 10.7 Å². The van der Waals surface area contributed by atoms with Crippen LogP contribution >= 0.6 is 23.2 Å². The number of alkyl halides is 2. The number of carbonyl (C=O) groups is 1. The molecule has 6 nitrogen and oxygen atoms in total. The van der Waals surface area contributed by atoms with Gasteiger partial charge in [0.1, 0.15) is 6.54 Å². The number of aromatic nitrogens is 3. The number of piperazine rings is 1. The number of halogens is 4. The molecule has 0 saturated carbocycles. The van der Waals surface area contributed by atoms with Crippen LogP contribution in [0.15, 0.2) is 24.3 Å². The quantitative estimate of drug-likeness (QED) is 0.532. The zero-order chi connectivity index (χ0) is 23.0. The Morgan fingerprint density at radius 2 is 1.84 bits per heavy atom. The largest absolute Gasteiger partial charge is 0.339 e. The summed E-state index contributed by atoms with van der Waals surface area (Å²) >= 11 is 12.2. The van der Waals surface area contributed by atoms with Crippen molar-refractivity contribution in [2.75, 3.05) is 26.2 Å². The first-order valence-electron chi connectivity index (χ1n) is 10.3. The summed E-state index contributed by atoms with van der Waals surface area (Å²) < 4.78 is 28.4. The predicted octanol–water partition coefficient (Wildman–Crippen LogP) is 4.64. The number of benzene rings is 1. The number of pyridine rings is 1. The average Bonchev–Trinajstić information content (AvgIpc) is 3.04. The summed E-state index contributed by atoms with van der Waals surface area (Å²) in [5.74, 6) is -0.111. The fourth-order valence-electron chi connectivity index (χ4n) is 4.07. The van der Waals surface area contributed by atoms with Crippen molar-refractivity contribution in [1.29, 1.82) is 0 Å². The van der Waals surface area contributed by atoms with E-state index in [1.807, 2.05) is 12.1 Å². The number of hydrogen-bond acceptors (Lipinski definition) is 4. The first-order valence-corrected chi connectivity index (χ1v) is 11.1. The molecule has 10 heteroatoms. The molecule has 0 radical (unpaired) electrons. The summed E-state index contributed by atoms with van der Waals surface area (Å²) in [4.78, 5) is 21.3. The van der Waals surface area contributed by atoms with Crippen molar-refractivity contribution in [3.05, 3.63) is 56.8 Å². The molecule has 1 saturated heterocycles. The van der Waals surface area contributed by atoms with Gasteiger partial charge in [-0.3, -0.25) is 9.69 Å². The number of rotatable bonds is 5. The van der Waals surface area contributed by atoms with E-state index in [2.05, 4.69) is 15.0 Å². The van der Waals surface area contributed by atoms with E-state index in [4.69, 9.17) is 23.2 Å². The summed E-state index contributed by atoms with van der Waals surface area (Å²) in [6, 6.07) is 6.83. The highest BCUT2D eigenvalue weighted by molar-refractivity contribution is 6.35. The highest BCUT2D eigenvalue weighted by Gasteiger charge is 2.25. The second kappa shape index (κ2) is 9.29. The van der Waals surface area contributed by atoms with Gasteiger partial charge in [-0.05, 0) is 37.6 Å². The lowest BCUT2D eigenvalue weighted by Gasteiger charge is -2.35. The number of aryl methyl sites for hydroxylation is 2. The van der Waals surface area contributed by atoms with E-state index in [-0.39, 0.29) is 18.0 Å². The molecule has 1 aliphatic rings. The van der Waals surface area contributed by atoms with Crippen molar-refractivity contribution >= 4 is 40.1 Å². The van der Waals surface area contributed by atoms with Crippen molar-refractivity contribution in [2.24, 2.45) is 0 Å². The molecule has 32 heavy (non-hydrogen) atoms. The van der Waals surface area contributed by atoms with Crippen LogP contribution in [0.5, 0.6) is 0 Å². The summed E-state index contributed by atoms with van der Waals surface area (Å²) in [5, 5.41) is 5.88. The van der Waals surface area contributed by atoms with E-state index < -0.39 is 6.43 Å². The van der Waals surface area contributed by atoms with Crippen LogP contribution in [0.3, 0.4) is 0 Å². The summed E-state index contributed by atoms with van der Waals surface area (Å²) in [7, 11) is 0. The molecule has 0 N–H and O–H groups in total. The monoisotopic (exact) mass is 481 g/mol. The maximum absolute atomic E-state index is 13.5. The van der Waals surface area contributed by atoms with Gasteiger partial charge in [-0.2, -0.15) is 5.10 Å². The molecular weight excluding hydrogens is 459 g/mol. The Morgan fingerprint density at radius 3 is 2.50 bits per heavy atom. The minimum absolute atomic E-state index is 0.0352. The second-order valence-electron chi connectivity index (χ2n) is 7.99. The maximum Gasteiger partial charge on any atom is 0.264 e. The Morgan fingerprint density at radius 1 is 1.12 bits per heavy atom. The van der Waals surface area contributed by atoms with E-state index >= 15 is 0 Å². The summed E-state index contributed by atoms with van der Waals surface area (Å²) in [6.07, 6.45) is -2.63. The minimum Gasteiger partial charge on any atom is -0.339 e. The van der Waals surface area contributed by atoms with Gasteiger partial charge in [0.25, 0.3) is 6.43 Å². The molecule has 1 aromatic carbocycles. The van der Waals surface area contributed by atoms with Gasteiger partial charge in [0.05, 0.1) is 11.1 Å². The van der Waals surface area contributed by atoms with Crippen molar-refractivity contribution in [2.45, 2.75) is 33.4 Å². The van der Waals surface area contributed by atoms with E-state index in [9.17, 15) is 13.6 Å². The Kier molecular flexibility index (Phi) is 6.65. The van der Waals surface area contributed by atoms with Crippen LogP contribution in [-0.4, -0.2) is 56.7 Å². The van der Waals surface area contributed by atoms with Crippen molar-refractivity contribution < 1.29 is 13.6 Å². The SMILES string of the molecule is Cc1cc(C(F)F)c2c(C)nn(CC(=O)N3CCN(Cc4ccc(Cl)cc4Cl)CC3)c2n1. The number of nitrogens with zero attached hydrogens (tertiary/aromatic N) is 5. The minimum atomic E-state index is -2.63. The lowest BCUT2D eigenvalue weighted by Crippen LogP contribution is -2.49. The molecule has 1 fully saturated rings. The molecule has 1 amide bonds. The molecule has 0 bridgehead atoms. The van der Waals surface area contributed by atoms with Crippen LogP contribution in [0.25, 0.3) is 11.0 Å². The van der Waals surface area contributed by atoms with Crippen LogP contribution in [0.2, 0.25) is 10.0 Å². The molecule has 0 atom stereocenters. The van der Waals surface area contributed by atoms with Crippen LogP contribution in [0, 0.1) is 13.8 Å². The predicted molar refractivity (Wildman–Crippen MR) is 120 cm³/mol. The number of carbonyl (C=O) groups excluding carboxylic acids is 1. The third-order valence-electron chi connectivity index (χ3n) is 5.69. The van der Waals surface area contributed by atoms with Crippen molar-refractivity contribution in [3.8, 4) is 0 Å². The standard InChI is InChI=1S/C22H23Cl2F2N5O/c1-13-9-17(21(25)26)20-14(2)28-31(22(20)27-13)12-19(32)30-7-5-29(6-8-30)11-15-3-4-16(23)10-18(15)24/h3-4,9-10,21H,5-8,11-12H2,1-2H3. The Hall–Kier alpha value is -2.29. The molecule has 0 aliphatic carbocycles. The van der Waals surface area contributed by atoms with Crippen molar-refractivity contribution in [3.63, 3.8) is 0 Å². The van der Waals surface area contributed by atoms with Crippen LogP contribution in [-0.2, 0) is 17.9 Å². The lowest BCUT2D eigenvalue weighted by molar-refractivity contribution is -0.133. The summed E-state index contributed by atoms with van der Waals surface area (Å²) in [6.45, 7) is 6.51. The Bertz CT molecular complexity index is 1160. The molecular formula is C22H23Cl2F2N5O. The van der Waals surface area contributed by atoms with Gasteiger partial charge in [0, 0.05) is 54.0 Å². The van der Waals surface area contributed by atoms with Crippen LogP contribution in [0.4, 0.5) is 8.78 Å². The second-order valence-corrected chi connectivity index (χ2v) is 8.83. The first kappa shape index (κ1) is 22.9. The lowest BCUT2D eigenvalue weighted by atomic mass is 10.1. The molecule has 3 aromatic rings. The van der Waals surface area contributed by atoms with Gasteiger partial charge >= 0.3 is 0 Å². The van der Waals surface area contributed by atoms with E-state index in [1.54, 1.807) is 24.8 Å². The van der Waals surface area contributed by atoms with Gasteiger partial charge in [-0.15, -0.1) is 0 Å². The van der Waals surface area contributed by atoms with E-state index in [0.717, 1.165) is 5.56 Å². The third-order valence-corrected chi connectivity index (χ3v) is 6.28. The molecule has 4 rings (SSSR count). The molecule has 170 valence electrons. The average molecular weight is 482 g/mol. The molecule has 1 aliphatic heterocycles. The van der Waals surface area contributed by atoms with Crippen molar-refractivity contribution in [1.82, 2.24) is 24.6 Å². The number of amides is 1. The highest BCUT2D eigenvalue weighted by Crippen LogP contribution is 2.30. The van der Waals surface area contributed by atoms with Crippen LogP contribution in [0.1, 0.15) is 28.9 Å². The zero-order valence-corrected chi connectivity index (χ0v) is 19.3. The van der Waals surface area contributed by atoms with E-state index in [0.29, 0.717) is 65.2 Å². The number of fused-ring (bicyclic) bond motifs is 1. The smallest absolute Gasteiger partial charge is 0.264 e.